The molecule has 7 heteroatoms. The molecule has 7 nitrogen and oxygen atoms in total. The summed E-state index contributed by atoms with van der Waals surface area (Å²) in [6.07, 6.45) is 3.19. The maximum Gasteiger partial charge on any atom is 0.273 e. The molecule has 0 aromatic carbocycles. The fraction of sp³-hybridized carbons (Fsp3) is 0.467. The van der Waals surface area contributed by atoms with Crippen LogP contribution in [0.25, 0.3) is 0 Å². The van der Waals surface area contributed by atoms with Crippen LogP contribution in [0.3, 0.4) is 0 Å². The molecule has 2 amide bonds. The minimum atomic E-state index is -0.517. The number of aromatic hydroxyl groups is 1. The van der Waals surface area contributed by atoms with Gasteiger partial charge in [0, 0.05) is 45.1 Å². The number of hydrogen-bond donors (Lipinski definition) is 2. The molecule has 0 saturated carbocycles. The number of rotatable bonds is 4. The molecule has 0 bridgehead atoms. The van der Waals surface area contributed by atoms with E-state index in [1.165, 1.54) is 18.3 Å². The Balaban J connectivity index is 1.78. The molecule has 0 atom stereocenters. The number of likely N-dealkylation sites (tertiary alicyclic amines) is 1. The number of nitrogens with one attached hydrogen (secondary N) is 1. The number of carbonyl (C=O) groups excluding carboxylic acids is 3. The van der Waals surface area contributed by atoms with Gasteiger partial charge in [0.15, 0.2) is 5.69 Å². The number of nitrogens with zero attached hydrogens (tertiary/aromatic N) is 2. The Morgan fingerprint density at radius 3 is 2.91 bits per heavy atom. The highest BCUT2D eigenvalue weighted by Crippen LogP contribution is 2.12. The van der Waals surface area contributed by atoms with Crippen LogP contribution in [0, 0.1) is 0 Å². The van der Waals surface area contributed by atoms with Crippen LogP contribution in [0.15, 0.2) is 18.3 Å². The van der Waals surface area contributed by atoms with Gasteiger partial charge in [-0.2, -0.15) is 0 Å². The van der Waals surface area contributed by atoms with Crippen LogP contribution in [0.4, 0.5) is 0 Å². The van der Waals surface area contributed by atoms with E-state index >= 15 is 0 Å². The molecule has 1 aromatic heterocycles. The number of hydrogen-bond acceptors (Lipinski definition) is 5. The van der Waals surface area contributed by atoms with E-state index in [4.69, 9.17) is 0 Å². The van der Waals surface area contributed by atoms with E-state index in [0.717, 1.165) is 0 Å². The lowest BCUT2D eigenvalue weighted by molar-refractivity contribution is -0.131. The zero-order valence-electron chi connectivity index (χ0n) is 12.2. The first-order valence-corrected chi connectivity index (χ1v) is 7.29. The summed E-state index contributed by atoms with van der Waals surface area (Å²) in [5, 5.41) is 12.1. The van der Waals surface area contributed by atoms with Crippen molar-refractivity contribution in [3.8, 4) is 5.75 Å². The Hall–Kier alpha value is -2.44. The minimum Gasteiger partial charge on any atom is -0.505 e. The fourth-order valence-corrected chi connectivity index (χ4v) is 2.31. The molecular weight excluding hydrogens is 286 g/mol. The van der Waals surface area contributed by atoms with E-state index in [-0.39, 0.29) is 36.1 Å². The van der Waals surface area contributed by atoms with Gasteiger partial charge in [0.25, 0.3) is 5.91 Å². The molecular formula is C15H19N3O4. The van der Waals surface area contributed by atoms with Crippen molar-refractivity contribution in [2.45, 2.75) is 25.7 Å². The molecule has 0 spiro atoms. The molecule has 1 aliphatic heterocycles. The maximum atomic E-state index is 12.0. The van der Waals surface area contributed by atoms with Crippen LogP contribution in [0.5, 0.6) is 5.75 Å². The molecule has 1 aromatic rings. The quantitative estimate of drug-likeness (QED) is 0.843. The molecule has 0 radical (unpaired) electrons. The van der Waals surface area contributed by atoms with Gasteiger partial charge in [0.2, 0.25) is 5.91 Å². The van der Waals surface area contributed by atoms with Gasteiger partial charge in [-0.3, -0.25) is 14.4 Å². The van der Waals surface area contributed by atoms with Gasteiger partial charge in [-0.05, 0) is 18.6 Å². The smallest absolute Gasteiger partial charge is 0.273 e. The van der Waals surface area contributed by atoms with Gasteiger partial charge in [0.1, 0.15) is 11.5 Å². The highest BCUT2D eigenvalue weighted by atomic mass is 16.3. The van der Waals surface area contributed by atoms with Crippen molar-refractivity contribution in [1.29, 1.82) is 0 Å². The summed E-state index contributed by atoms with van der Waals surface area (Å²) < 4.78 is 0. The van der Waals surface area contributed by atoms with Gasteiger partial charge < -0.3 is 15.3 Å². The highest BCUT2D eigenvalue weighted by molar-refractivity contribution is 5.94. The van der Waals surface area contributed by atoms with Crippen molar-refractivity contribution in [1.82, 2.24) is 15.2 Å². The summed E-state index contributed by atoms with van der Waals surface area (Å²) in [7, 11) is 0. The second kappa shape index (κ2) is 7.53. The lowest BCUT2D eigenvalue weighted by atomic mass is 10.2. The molecule has 0 unspecified atom stereocenters. The number of carbonyl (C=O) groups is 3. The van der Waals surface area contributed by atoms with Crippen molar-refractivity contribution in [2.75, 3.05) is 19.6 Å². The van der Waals surface area contributed by atoms with E-state index in [9.17, 15) is 19.5 Å². The average Bonchev–Trinajstić information content (AvgIpc) is 2.72. The van der Waals surface area contributed by atoms with Crippen molar-refractivity contribution < 1.29 is 19.5 Å². The standard InChI is InChI=1S/C15H19N3O4/c19-11-3-2-9-18(10-6-11)13(21)5-8-17-15(22)14-12(20)4-1-7-16-14/h1,4,7,20H,2-3,5-6,8-10H2,(H,17,22). The van der Waals surface area contributed by atoms with Gasteiger partial charge in [-0.25, -0.2) is 4.98 Å². The van der Waals surface area contributed by atoms with E-state index in [2.05, 4.69) is 10.3 Å². The van der Waals surface area contributed by atoms with Crippen molar-refractivity contribution in [3.63, 3.8) is 0 Å². The van der Waals surface area contributed by atoms with Crippen molar-refractivity contribution >= 4 is 17.6 Å². The highest BCUT2D eigenvalue weighted by Gasteiger charge is 2.19. The Morgan fingerprint density at radius 1 is 1.32 bits per heavy atom. The number of aromatic nitrogens is 1. The minimum absolute atomic E-state index is 0.0599. The van der Waals surface area contributed by atoms with Crippen LogP contribution >= 0.6 is 0 Å². The average molecular weight is 305 g/mol. The number of amides is 2. The lowest BCUT2D eigenvalue weighted by Gasteiger charge is -2.19. The topological polar surface area (TPSA) is 99.6 Å². The van der Waals surface area contributed by atoms with E-state index in [1.807, 2.05) is 0 Å². The largest absolute Gasteiger partial charge is 0.505 e. The van der Waals surface area contributed by atoms with E-state index in [1.54, 1.807) is 4.90 Å². The SMILES string of the molecule is O=C1CCCN(C(=O)CCNC(=O)c2ncccc2O)CC1. The zero-order valence-corrected chi connectivity index (χ0v) is 12.2. The first kappa shape index (κ1) is 15.9. The van der Waals surface area contributed by atoms with E-state index in [0.29, 0.717) is 32.4 Å². The third kappa shape index (κ3) is 4.28. The molecule has 1 saturated heterocycles. The molecule has 2 rings (SSSR count). The molecule has 2 heterocycles. The molecule has 1 fully saturated rings. The molecule has 22 heavy (non-hydrogen) atoms. The van der Waals surface area contributed by atoms with Crippen LogP contribution in [0.2, 0.25) is 0 Å². The molecule has 1 aliphatic rings. The second-order valence-corrected chi connectivity index (χ2v) is 5.15. The second-order valence-electron chi connectivity index (χ2n) is 5.15. The van der Waals surface area contributed by atoms with Crippen LogP contribution in [-0.4, -0.2) is 52.2 Å². The first-order chi connectivity index (χ1) is 10.6. The Kier molecular flexibility index (Phi) is 5.46. The van der Waals surface area contributed by atoms with Gasteiger partial charge in [-0.1, -0.05) is 0 Å². The summed E-state index contributed by atoms with van der Waals surface area (Å²) in [6.45, 7) is 1.20. The summed E-state index contributed by atoms with van der Waals surface area (Å²) in [5.74, 6) is -0.608. The number of Topliss-reactive ketones (excluding diaryl/α,β-unsaturated/α-hetero) is 1. The molecule has 2 N–H and O–H groups in total. The third-order valence-electron chi connectivity index (χ3n) is 3.52. The Labute approximate surface area is 128 Å². The van der Waals surface area contributed by atoms with Crippen LogP contribution in [0.1, 0.15) is 36.2 Å². The van der Waals surface area contributed by atoms with E-state index < -0.39 is 5.91 Å². The maximum absolute atomic E-state index is 12.0. The number of pyridine rings is 1. The fourth-order valence-electron chi connectivity index (χ4n) is 2.31. The van der Waals surface area contributed by atoms with Crippen LogP contribution in [-0.2, 0) is 9.59 Å². The molecule has 118 valence electrons. The predicted molar refractivity (Wildman–Crippen MR) is 78.3 cm³/mol. The van der Waals surface area contributed by atoms with Crippen molar-refractivity contribution in [2.24, 2.45) is 0 Å². The first-order valence-electron chi connectivity index (χ1n) is 7.29. The Morgan fingerprint density at radius 2 is 2.14 bits per heavy atom. The normalized spacial score (nSPS) is 15.3. The lowest BCUT2D eigenvalue weighted by Crippen LogP contribution is -2.35. The van der Waals surface area contributed by atoms with Gasteiger partial charge in [-0.15, -0.1) is 0 Å². The van der Waals surface area contributed by atoms with Crippen LogP contribution < -0.4 is 5.32 Å². The van der Waals surface area contributed by atoms with Crippen molar-refractivity contribution in [3.05, 3.63) is 24.0 Å². The predicted octanol–water partition coefficient (Wildman–Crippen LogP) is 0.489. The third-order valence-corrected chi connectivity index (χ3v) is 3.52. The summed E-state index contributed by atoms with van der Waals surface area (Å²) in [6, 6.07) is 2.90. The van der Waals surface area contributed by atoms with Gasteiger partial charge in [0.05, 0.1) is 0 Å². The summed E-state index contributed by atoms with van der Waals surface area (Å²) in [5.41, 5.74) is -0.0599. The summed E-state index contributed by atoms with van der Waals surface area (Å²) in [4.78, 5) is 40.6. The molecule has 0 aliphatic carbocycles. The Bertz CT molecular complexity index is 574. The zero-order chi connectivity index (χ0) is 15.9. The van der Waals surface area contributed by atoms with Gasteiger partial charge >= 0.3 is 0 Å². The monoisotopic (exact) mass is 305 g/mol. The summed E-state index contributed by atoms with van der Waals surface area (Å²) >= 11 is 0. The number of ketones is 1.